The van der Waals surface area contributed by atoms with E-state index in [9.17, 15) is 9.59 Å². The van der Waals surface area contributed by atoms with Crippen LogP contribution < -0.4 is 11.1 Å². The second-order valence-electron chi connectivity index (χ2n) is 8.01. The number of aryl methyl sites for hydroxylation is 1. The normalized spacial score (nSPS) is 22.5. The monoisotopic (exact) mass is 389 g/mol. The van der Waals surface area contributed by atoms with E-state index in [1.54, 1.807) is 12.3 Å². The second kappa shape index (κ2) is 6.92. The Bertz CT molecular complexity index is 1070. The SMILES string of the molecule is NC(=O)c1ccc2nc(CCC3C4CN(C(=O)Nc5ccccc5)CC34)cn2c1. The zero-order valence-electron chi connectivity index (χ0n) is 16.0. The Kier molecular flexibility index (Phi) is 4.23. The topological polar surface area (TPSA) is 92.7 Å². The maximum Gasteiger partial charge on any atom is 0.321 e. The molecule has 3 heterocycles. The van der Waals surface area contributed by atoms with Gasteiger partial charge in [-0.3, -0.25) is 4.79 Å². The summed E-state index contributed by atoms with van der Waals surface area (Å²) in [7, 11) is 0. The molecule has 2 fully saturated rings. The molecule has 0 bridgehead atoms. The number of para-hydroxylation sites is 1. The summed E-state index contributed by atoms with van der Waals surface area (Å²) in [6, 6.07) is 13.1. The minimum Gasteiger partial charge on any atom is -0.366 e. The molecule has 2 atom stereocenters. The van der Waals surface area contributed by atoms with E-state index in [-0.39, 0.29) is 6.03 Å². The van der Waals surface area contributed by atoms with Crippen LogP contribution in [0.4, 0.5) is 10.5 Å². The summed E-state index contributed by atoms with van der Waals surface area (Å²) in [5.41, 5.74) is 8.50. The van der Waals surface area contributed by atoms with Crippen molar-refractivity contribution in [2.75, 3.05) is 18.4 Å². The third-order valence-electron chi connectivity index (χ3n) is 6.20. The molecule has 148 valence electrons. The number of carbonyl (C=O) groups is 2. The van der Waals surface area contributed by atoms with Crippen LogP contribution in [0.25, 0.3) is 5.65 Å². The number of piperidine rings is 1. The number of nitrogens with two attached hydrogens (primary N) is 1. The number of urea groups is 1. The summed E-state index contributed by atoms with van der Waals surface area (Å²) in [5, 5.41) is 2.97. The number of nitrogens with zero attached hydrogens (tertiary/aromatic N) is 3. The summed E-state index contributed by atoms with van der Waals surface area (Å²) >= 11 is 0. The first-order valence-corrected chi connectivity index (χ1v) is 9.97. The fraction of sp³-hybridized carbons (Fsp3) is 0.318. The maximum absolute atomic E-state index is 12.4. The Morgan fingerprint density at radius 2 is 1.83 bits per heavy atom. The molecule has 1 aliphatic heterocycles. The van der Waals surface area contributed by atoms with Gasteiger partial charge in [-0.05, 0) is 54.9 Å². The molecule has 2 unspecified atom stereocenters. The zero-order valence-corrected chi connectivity index (χ0v) is 16.0. The molecular formula is C22H23N5O2. The van der Waals surface area contributed by atoms with Crippen molar-refractivity contribution in [2.24, 2.45) is 23.5 Å². The minimum atomic E-state index is -0.436. The Labute approximate surface area is 168 Å². The van der Waals surface area contributed by atoms with Gasteiger partial charge in [0.15, 0.2) is 0 Å². The van der Waals surface area contributed by atoms with Crippen molar-refractivity contribution in [1.82, 2.24) is 14.3 Å². The number of anilines is 1. The smallest absolute Gasteiger partial charge is 0.321 e. The van der Waals surface area contributed by atoms with Crippen LogP contribution in [0.15, 0.2) is 54.9 Å². The highest BCUT2D eigenvalue weighted by atomic mass is 16.2. The van der Waals surface area contributed by atoms with Crippen molar-refractivity contribution in [3.63, 3.8) is 0 Å². The predicted molar refractivity (Wildman–Crippen MR) is 110 cm³/mol. The molecular weight excluding hydrogens is 366 g/mol. The first-order valence-electron chi connectivity index (χ1n) is 9.97. The Morgan fingerprint density at radius 3 is 2.55 bits per heavy atom. The largest absolute Gasteiger partial charge is 0.366 e. The molecule has 0 radical (unpaired) electrons. The lowest BCUT2D eigenvalue weighted by Crippen LogP contribution is -2.35. The average Bonchev–Trinajstić information content (AvgIpc) is 3.07. The van der Waals surface area contributed by atoms with Gasteiger partial charge in [0.1, 0.15) is 5.65 Å². The van der Waals surface area contributed by atoms with Crippen LogP contribution in [0, 0.1) is 17.8 Å². The van der Waals surface area contributed by atoms with Gasteiger partial charge in [0.05, 0.1) is 11.3 Å². The quantitative estimate of drug-likeness (QED) is 0.703. The maximum atomic E-state index is 12.4. The third kappa shape index (κ3) is 3.44. The number of carbonyl (C=O) groups excluding carboxylic acids is 2. The van der Waals surface area contributed by atoms with Gasteiger partial charge in [-0.15, -0.1) is 0 Å². The summed E-state index contributed by atoms with van der Waals surface area (Å²) in [6.45, 7) is 1.67. The molecule has 5 rings (SSSR count). The van der Waals surface area contributed by atoms with E-state index >= 15 is 0 Å². The highest BCUT2D eigenvalue weighted by molar-refractivity contribution is 5.92. The molecule has 7 heteroatoms. The lowest BCUT2D eigenvalue weighted by atomic mass is 10.1. The van der Waals surface area contributed by atoms with Crippen molar-refractivity contribution >= 4 is 23.3 Å². The van der Waals surface area contributed by atoms with Crippen molar-refractivity contribution < 1.29 is 9.59 Å². The van der Waals surface area contributed by atoms with E-state index < -0.39 is 5.91 Å². The molecule has 1 aliphatic carbocycles. The Hall–Kier alpha value is -3.35. The average molecular weight is 389 g/mol. The van der Waals surface area contributed by atoms with E-state index in [0.29, 0.717) is 23.3 Å². The number of likely N-dealkylation sites (tertiary alicyclic amines) is 1. The van der Waals surface area contributed by atoms with Crippen LogP contribution >= 0.6 is 0 Å². The van der Waals surface area contributed by atoms with Gasteiger partial charge < -0.3 is 20.4 Å². The number of hydrogen-bond donors (Lipinski definition) is 2. The fourth-order valence-corrected chi connectivity index (χ4v) is 4.59. The number of primary amides is 1. The lowest BCUT2D eigenvalue weighted by Gasteiger charge is -2.20. The molecule has 29 heavy (non-hydrogen) atoms. The van der Waals surface area contributed by atoms with E-state index in [1.807, 2.05) is 51.9 Å². The van der Waals surface area contributed by atoms with Crippen LogP contribution in [0.2, 0.25) is 0 Å². The number of nitrogens with one attached hydrogen (secondary N) is 1. The summed E-state index contributed by atoms with van der Waals surface area (Å²) in [6.07, 6.45) is 5.68. The Morgan fingerprint density at radius 1 is 1.07 bits per heavy atom. The lowest BCUT2D eigenvalue weighted by molar-refractivity contribution is 0.1000. The van der Waals surface area contributed by atoms with E-state index in [1.165, 1.54) is 0 Å². The molecule has 1 saturated carbocycles. The first-order chi connectivity index (χ1) is 14.1. The number of aromatic nitrogens is 2. The van der Waals surface area contributed by atoms with Crippen molar-refractivity contribution in [3.05, 3.63) is 66.1 Å². The number of pyridine rings is 1. The van der Waals surface area contributed by atoms with Crippen LogP contribution in [0.5, 0.6) is 0 Å². The number of fused-ring (bicyclic) bond motifs is 2. The van der Waals surface area contributed by atoms with Gasteiger partial charge in [0.25, 0.3) is 0 Å². The predicted octanol–water partition coefficient (Wildman–Crippen LogP) is 2.78. The molecule has 2 aliphatic rings. The second-order valence-corrected chi connectivity index (χ2v) is 8.01. The molecule has 7 nitrogen and oxygen atoms in total. The fourth-order valence-electron chi connectivity index (χ4n) is 4.59. The highest BCUT2D eigenvalue weighted by Gasteiger charge is 2.55. The molecule has 1 aromatic carbocycles. The molecule has 0 spiro atoms. The molecule has 1 saturated heterocycles. The van der Waals surface area contributed by atoms with Gasteiger partial charge in [-0.1, -0.05) is 18.2 Å². The summed E-state index contributed by atoms with van der Waals surface area (Å²) < 4.78 is 1.86. The van der Waals surface area contributed by atoms with E-state index in [2.05, 4.69) is 10.3 Å². The van der Waals surface area contributed by atoms with Crippen LogP contribution in [0.3, 0.4) is 0 Å². The van der Waals surface area contributed by atoms with Crippen LogP contribution in [0.1, 0.15) is 22.5 Å². The van der Waals surface area contributed by atoms with Crippen molar-refractivity contribution in [3.8, 4) is 0 Å². The van der Waals surface area contributed by atoms with Crippen molar-refractivity contribution in [2.45, 2.75) is 12.8 Å². The third-order valence-corrected chi connectivity index (χ3v) is 6.20. The number of amides is 3. The van der Waals surface area contributed by atoms with Crippen LogP contribution in [-0.4, -0.2) is 39.3 Å². The molecule has 3 amide bonds. The highest BCUT2D eigenvalue weighted by Crippen LogP contribution is 2.53. The van der Waals surface area contributed by atoms with Gasteiger partial charge in [-0.2, -0.15) is 0 Å². The number of imidazole rings is 1. The summed E-state index contributed by atoms with van der Waals surface area (Å²) in [5.74, 6) is 1.45. The number of hydrogen-bond acceptors (Lipinski definition) is 3. The summed E-state index contributed by atoms with van der Waals surface area (Å²) in [4.78, 5) is 30.3. The van der Waals surface area contributed by atoms with Crippen LogP contribution in [-0.2, 0) is 6.42 Å². The van der Waals surface area contributed by atoms with Gasteiger partial charge in [0.2, 0.25) is 5.91 Å². The van der Waals surface area contributed by atoms with Gasteiger partial charge in [0, 0.05) is 31.2 Å². The van der Waals surface area contributed by atoms with E-state index in [4.69, 9.17) is 5.73 Å². The molecule has 3 N–H and O–H groups in total. The molecule has 2 aromatic heterocycles. The molecule has 3 aromatic rings. The minimum absolute atomic E-state index is 0.00671. The number of rotatable bonds is 5. The van der Waals surface area contributed by atoms with Crippen molar-refractivity contribution in [1.29, 1.82) is 0 Å². The Balaban J connectivity index is 1.13. The van der Waals surface area contributed by atoms with Gasteiger partial charge in [-0.25, -0.2) is 9.78 Å². The standard InChI is InChI=1S/C22H23N5O2/c23-21(28)14-6-9-20-24-16(11-26(20)10-14)7-8-17-18-12-27(13-19(17)18)22(29)25-15-4-2-1-3-5-15/h1-6,9-11,17-19H,7-8,12-13H2,(H2,23,28)(H,25,29). The van der Waals surface area contributed by atoms with Gasteiger partial charge >= 0.3 is 6.03 Å². The van der Waals surface area contributed by atoms with E-state index in [0.717, 1.165) is 43.0 Å². The first kappa shape index (κ1) is 17.7. The number of benzene rings is 1. The zero-order chi connectivity index (χ0) is 20.0.